The first kappa shape index (κ1) is 18.5. The summed E-state index contributed by atoms with van der Waals surface area (Å²) in [5.41, 5.74) is 7.05. The van der Waals surface area contributed by atoms with Crippen molar-refractivity contribution in [3.63, 3.8) is 0 Å². The van der Waals surface area contributed by atoms with Gasteiger partial charge in [0.1, 0.15) is 0 Å². The number of nitrogens with two attached hydrogens (primary N) is 1. The molecule has 3 N–H and O–H groups in total. The first-order valence-electron chi connectivity index (χ1n) is 7.40. The third kappa shape index (κ3) is 4.45. The molecule has 1 aliphatic heterocycles. The Kier molecular flexibility index (Phi) is 6.84. The lowest BCUT2D eigenvalue weighted by molar-refractivity contribution is -0.114. The van der Waals surface area contributed by atoms with Crippen molar-refractivity contribution in [3.8, 4) is 0 Å². The van der Waals surface area contributed by atoms with E-state index in [2.05, 4.69) is 12.2 Å². The van der Waals surface area contributed by atoms with Crippen LogP contribution >= 0.6 is 12.4 Å². The van der Waals surface area contributed by atoms with Gasteiger partial charge in [-0.05, 0) is 37.0 Å². The number of carbonyl (C=O) groups is 2. The number of likely N-dealkylation sites (tertiary alicyclic amines) is 1. The molecular weight excluding hydrogens is 302 g/mol. The van der Waals surface area contributed by atoms with Gasteiger partial charge in [-0.25, -0.2) is 0 Å². The Balaban J connectivity index is 0.00000242. The number of benzene rings is 1. The minimum atomic E-state index is -0.147. The zero-order valence-corrected chi connectivity index (χ0v) is 13.9. The van der Waals surface area contributed by atoms with Crippen LogP contribution in [-0.4, -0.2) is 35.8 Å². The molecule has 1 aromatic carbocycles. The van der Waals surface area contributed by atoms with Crippen molar-refractivity contribution < 1.29 is 9.59 Å². The molecule has 0 aromatic heterocycles. The van der Waals surface area contributed by atoms with Crippen molar-refractivity contribution in [1.29, 1.82) is 0 Å². The summed E-state index contributed by atoms with van der Waals surface area (Å²) in [6.07, 6.45) is 1.96. The fourth-order valence-corrected chi connectivity index (χ4v) is 2.84. The molecule has 1 aliphatic rings. The topological polar surface area (TPSA) is 75.4 Å². The maximum Gasteiger partial charge on any atom is 0.254 e. The highest BCUT2D eigenvalue weighted by molar-refractivity contribution is 5.97. The van der Waals surface area contributed by atoms with Crippen molar-refractivity contribution in [1.82, 2.24) is 4.90 Å². The van der Waals surface area contributed by atoms with Gasteiger partial charge in [-0.3, -0.25) is 9.59 Å². The van der Waals surface area contributed by atoms with Gasteiger partial charge in [0.2, 0.25) is 5.91 Å². The van der Waals surface area contributed by atoms with Gasteiger partial charge in [-0.15, -0.1) is 12.4 Å². The Hall–Kier alpha value is -1.59. The van der Waals surface area contributed by atoms with Crippen molar-refractivity contribution in [2.45, 2.75) is 32.7 Å². The third-order valence-electron chi connectivity index (χ3n) is 3.94. The van der Waals surface area contributed by atoms with Gasteiger partial charge in [-0.2, -0.15) is 0 Å². The van der Waals surface area contributed by atoms with Crippen molar-refractivity contribution >= 4 is 29.9 Å². The fourth-order valence-electron chi connectivity index (χ4n) is 2.84. The lowest BCUT2D eigenvalue weighted by Gasteiger charge is -2.38. The number of carbonyl (C=O) groups excluding carboxylic acids is 2. The summed E-state index contributed by atoms with van der Waals surface area (Å²) in [6, 6.07) is 7.15. The number of halogens is 1. The molecule has 122 valence electrons. The average Bonchev–Trinajstić information content (AvgIpc) is 2.46. The van der Waals surface area contributed by atoms with Crippen molar-refractivity contribution in [2.75, 3.05) is 18.4 Å². The summed E-state index contributed by atoms with van der Waals surface area (Å²) in [6.45, 7) is 4.88. The normalized spacial score (nSPS) is 21.0. The van der Waals surface area contributed by atoms with Gasteiger partial charge >= 0.3 is 0 Å². The largest absolute Gasteiger partial charge is 0.334 e. The van der Waals surface area contributed by atoms with Gasteiger partial charge in [0.15, 0.2) is 0 Å². The number of nitrogens with one attached hydrogen (secondary N) is 1. The van der Waals surface area contributed by atoms with Crippen LogP contribution in [0.1, 0.15) is 37.0 Å². The average molecular weight is 326 g/mol. The molecule has 2 amide bonds. The standard InChI is InChI=1S/C16H23N3O2.ClH/c1-11-6-7-19(15(8-11)10-17)16(21)13-4-3-5-14(9-13)18-12(2)20;/h3-5,9,11,15H,6-8,10,17H2,1-2H3,(H,18,20);1H. The van der Waals surface area contributed by atoms with Crippen LogP contribution < -0.4 is 11.1 Å². The number of hydrogen-bond acceptors (Lipinski definition) is 3. The highest BCUT2D eigenvalue weighted by Gasteiger charge is 2.29. The number of anilines is 1. The molecule has 0 bridgehead atoms. The van der Waals surface area contributed by atoms with Crippen LogP contribution in [0, 0.1) is 5.92 Å². The summed E-state index contributed by atoms with van der Waals surface area (Å²) >= 11 is 0. The van der Waals surface area contributed by atoms with E-state index >= 15 is 0 Å². The van der Waals surface area contributed by atoms with E-state index in [0.717, 1.165) is 19.4 Å². The molecule has 0 aliphatic carbocycles. The minimum Gasteiger partial charge on any atom is -0.334 e. The molecule has 2 rings (SSSR count). The molecular formula is C16H24ClN3O2. The number of hydrogen-bond donors (Lipinski definition) is 2. The van der Waals surface area contributed by atoms with E-state index in [0.29, 0.717) is 23.7 Å². The highest BCUT2D eigenvalue weighted by Crippen LogP contribution is 2.24. The third-order valence-corrected chi connectivity index (χ3v) is 3.94. The Morgan fingerprint density at radius 1 is 1.41 bits per heavy atom. The smallest absolute Gasteiger partial charge is 0.254 e. The van der Waals surface area contributed by atoms with E-state index in [4.69, 9.17) is 5.73 Å². The van der Waals surface area contributed by atoms with Crippen LogP contribution in [0.15, 0.2) is 24.3 Å². The summed E-state index contributed by atoms with van der Waals surface area (Å²) < 4.78 is 0. The van der Waals surface area contributed by atoms with E-state index in [1.54, 1.807) is 24.3 Å². The van der Waals surface area contributed by atoms with Gasteiger partial charge in [-0.1, -0.05) is 13.0 Å². The van der Waals surface area contributed by atoms with E-state index in [-0.39, 0.29) is 30.3 Å². The molecule has 0 spiro atoms. The number of rotatable bonds is 3. The SMILES string of the molecule is CC(=O)Nc1cccc(C(=O)N2CCC(C)CC2CN)c1.Cl. The molecule has 2 atom stereocenters. The zero-order chi connectivity index (χ0) is 15.4. The van der Waals surface area contributed by atoms with Crippen molar-refractivity contribution in [3.05, 3.63) is 29.8 Å². The highest BCUT2D eigenvalue weighted by atomic mass is 35.5. The second kappa shape index (κ2) is 8.15. The van der Waals surface area contributed by atoms with Gasteiger partial charge in [0.05, 0.1) is 0 Å². The molecule has 0 radical (unpaired) electrons. The van der Waals surface area contributed by atoms with E-state index in [1.807, 2.05) is 4.90 Å². The lowest BCUT2D eigenvalue weighted by Crippen LogP contribution is -2.49. The van der Waals surface area contributed by atoms with E-state index in [1.165, 1.54) is 6.92 Å². The second-order valence-electron chi connectivity index (χ2n) is 5.78. The fraction of sp³-hybridized carbons (Fsp3) is 0.500. The van der Waals surface area contributed by atoms with E-state index in [9.17, 15) is 9.59 Å². The number of amides is 2. The summed E-state index contributed by atoms with van der Waals surface area (Å²) in [5, 5.41) is 2.70. The summed E-state index contributed by atoms with van der Waals surface area (Å²) in [4.78, 5) is 25.6. The molecule has 0 saturated carbocycles. The molecule has 1 saturated heterocycles. The Labute approximate surface area is 137 Å². The van der Waals surface area contributed by atoms with E-state index < -0.39 is 0 Å². The molecule has 1 aromatic rings. The summed E-state index contributed by atoms with van der Waals surface area (Å²) in [5.74, 6) is 0.448. The number of piperidine rings is 1. The Morgan fingerprint density at radius 3 is 2.77 bits per heavy atom. The first-order chi connectivity index (χ1) is 10.0. The second-order valence-corrected chi connectivity index (χ2v) is 5.78. The predicted molar refractivity (Wildman–Crippen MR) is 90.3 cm³/mol. The monoisotopic (exact) mass is 325 g/mol. The van der Waals surface area contributed by atoms with Gasteiger partial charge in [0.25, 0.3) is 5.91 Å². The van der Waals surface area contributed by atoms with Crippen LogP contribution in [0.5, 0.6) is 0 Å². The van der Waals surface area contributed by atoms with Gasteiger partial charge in [0, 0.05) is 37.3 Å². The molecule has 1 heterocycles. The maximum absolute atomic E-state index is 12.7. The zero-order valence-electron chi connectivity index (χ0n) is 13.0. The van der Waals surface area contributed by atoms with Crippen molar-refractivity contribution in [2.24, 2.45) is 11.7 Å². The maximum atomic E-state index is 12.7. The molecule has 22 heavy (non-hydrogen) atoms. The predicted octanol–water partition coefficient (Wildman–Crippen LogP) is 2.27. The summed E-state index contributed by atoms with van der Waals surface area (Å²) in [7, 11) is 0. The number of nitrogens with zero attached hydrogens (tertiary/aromatic N) is 1. The minimum absolute atomic E-state index is 0. The van der Waals surface area contributed by atoms with Crippen LogP contribution in [0.25, 0.3) is 0 Å². The van der Waals surface area contributed by atoms with Gasteiger partial charge < -0.3 is 16.0 Å². The Bertz CT molecular complexity index is 536. The molecule has 6 heteroatoms. The lowest BCUT2D eigenvalue weighted by atomic mass is 9.92. The van der Waals surface area contributed by atoms with Crippen LogP contribution in [0.2, 0.25) is 0 Å². The first-order valence-corrected chi connectivity index (χ1v) is 7.40. The van der Waals surface area contributed by atoms with Crippen LogP contribution in [-0.2, 0) is 4.79 Å². The van der Waals surface area contributed by atoms with Crippen LogP contribution in [0.4, 0.5) is 5.69 Å². The molecule has 1 fully saturated rings. The van der Waals surface area contributed by atoms with Crippen LogP contribution in [0.3, 0.4) is 0 Å². The Morgan fingerprint density at radius 2 is 2.14 bits per heavy atom. The quantitative estimate of drug-likeness (QED) is 0.895. The molecule has 5 nitrogen and oxygen atoms in total. The molecule has 2 unspecified atom stereocenters.